The summed E-state index contributed by atoms with van der Waals surface area (Å²) in [5.41, 5.74) is 1.20. The van der Waals surface area contributed by atoms with Crippen LogP contribution >= 0.6 is 23.2 Å². The number of methoxy groups -OCH3 is 1. The molecule has 34 heavy (non-hydrogen) atoms. The van der Waals surface area contributed by atoms with Crippen LogP contribution < -0.4 is 4.74 Å². The highest BCUT2D eigenvalue weighted by molar-refractivity contribution is 6.36. The van der Waals surface area contributed by atoms with Gasteiger partial charge in [-0.1, -0.05) is 23.2 Å². The zero-order chi connectivity index (χ0) is 24.4. The van der Waals surface area contributed by atoms with Gasteiger partial charge in [0.1, 0.15) is 0 Å². The fraction of sp³-hybridized carbons (Fsp3) is 0.375. The highest BCUT2D eigenvalue weighted by Gasteiger charge is 2.28. The smallest absolute Gasteiger partial charge is 0.289 e. The van der Waals surface area contributed by atoms with Crippen LogP contribution in [-0.2, 0) is 6.42 Å². The van der Waals surface area contributed by atoms with Crippen LogP contribution in [0.2, 0.25) is 10.0 Å². The molecule has 4 rings (SSSR count). The number of Topliss-reactive ketones (excluding diaryl/α,β-unsaturated/α-hetero) is 1. The number of amides is 1. The van der Waals surface area contributed by atoms with Gasteiger partial charge in [0.15, 0.2) is 22.9 Å². The van der Waals surface area contributed by atoms with Crippen LogP contribution in [0, 0.1) is 0 Å². The van der Waals surface area contributed by atoms with Gasteiger partial charge in [-0.15, -0.1) is 0 Å². The van der Waals surface area contributed by atoms with Crippen LogP contribution in [0.3, 0.4) is 0 Å². The predicted molar refractivity (Wildman–Crippen MR) is 129 cm³/mol. The third-order valence-corrected chi connectivity index (χ3v) is 6.81. The number of aliphatic hydroxyl groups excluding tert-OH is 1. The number of aliphatic hydroxyl groups is 1. The number of ether oxygens (including phenoxy) is 1. The first-order valence-corrected chi connectivity index (χ1v) is 11.7. The Kier molecular flexibility index (Phi) is 7.42. The minimum atomic E-state index is -0.256. The number of aromatic nitrogens is 1. The van der Waals surface area contributed by atoms with Gasteiger partial charge in [-0.05, 0) is 25.1 Å². The average Bonchev–Trinajstić information content (AvgIpc) is 3.30. The Balaban J connectivity index is 1.62. The van der Waals surface area contributed by atoms with Gasteiger partial charge in [0.25, 0.3) is 5.91 Å². The zero-order valence-electron chi connectivity index (χ0n) is 18.9. The molecule has 10 heteroatoms. The molecule has 1 saturated heterocycles. The number of fused-ring (bicyclic) bond motifs is 1. The molecule has 0 aliphatic carbocycles. The molecule has 1 atom stereocenters. The minimum Gasteiger partial charge on any atom is -0.493 e. The molecule has 1 amide bonds. The maximum absolute atomic E-state index is 13.2. The Morgan fingerprint density at radius 2 is 1.85 bits per heavy atom. The van der Waals surface area contributed by atoms with Crippen molar-refractivity contribution < 1.29 is 23.8 Å². The van der Waals surface area contributed by atoms with E-state index in [0.717, 1.165) is 0 Å². The lowest BCUT2D eigenvalue weighted by Crippen LogP contribution is -2.52. The number of rotatable bonds is 7. The normalized spacial score (nSPS) is 15.5. The minimum absolute atomic E-state index is 0.0267. The van der Waals surface area contributed by atoms with Crippen molar-refractivity contribution in [1.82, 2.24) is 14.8 Å². The van der Waals surface area contributed by atoms with E-state index in [4.69, 9.17) is 32.4 Å². The molecule has 1 unspecified atom stereocenters. The van der Waals surface area contributed by atoms with E-state index < -0.39 is 0 Å². The molecule has 1 aliphatic rings. The van der Waals surface area contributed by atoms with Gasteiger partial charge in [-0.25, -0.2) is 0 Å². The van der Waals surface area contributed by atoms with E-state index in [1.54, 1.807) is 23.1 Å². The van der Waals surface area contributed by atoms with Crippen molar-refractivity contribution in [2.75, 3.05) is 39.9 Å². The monoisotopic (exact) mass is 505 g/mol. The van der Waals surface area contributed by atoms with Gasteiger partial charge in [-0.3, -0.25) is 19.5 Å². The molecule has 8 nitrogen and oxygen atoms in total. The van der Waals surface area contributed by atoms with E-state index in [1.165, 1.54) is 19.5 Å². The Hall–Kier alpha value is -2.65. The molecule has 1 aliphatic heterocycles. The summed E-state index contributed by atoms with van der Waals surface area (Å²) < 4.78 is 11.3. The highest BCUT2D eigenvalue weighted by Crippen LogP contribution is 2.34. The van der Waals surface area contributed by atoms with Crippen molar-refractivity contribution in [2.24, 2.45) is 0 Å². The maximum Gasteiger partial charge on any atom is 0.289 e. The number of nitrogens with zero attached hydrogens (tertiary/aromatic N) is 3. The number of ketones is 1. The molecular formula is C24H25Cl2N3O5. The topological polar surface area (TPSA) is 96.1 Å². The quantitative estimate of drug-likeness (QED) is 0.488. The Labute approximate surface area is 207 Å². The summed E-state index contributed by atoms with van der Waals surface area (Å²) in [6.07, 6.45) is 2.85. The second kappa shape index (κ2) is 10.3. The molecule has 2 aromatic heterocycles. The number of carbonyl (C=O) groups is 2. The zero-order valence-corrected chi connectivity index (χ0v) is 20.4. The predicted octanol–water partition coefficient (Wildman–Crippen LogP) is 3.71. The number of benzene rings is 1. The molecule has 3 heterocycles. The Morgan fingerprint density at radius 3 is 2.47 bits per heavy atom. The Morgan fingerprint density at radius 1 is 1.18 bits per heavy atom. The van der Waals surface area contributed by atoms with E-state index in [0.29, 0.717) is 64.1 Å². The molecule has 3 aromatic rings. The van der Waals surface area contributed by atoms with Crippen LogP contribution in [0.15, 0.2) is 35.0 Å². The lowest BCUT2D eigenvalue weighted by molar-refractivity contribution is 0.0488. The number of pyridine rings is 1. The number of hydrogen-bond acceptors (Lipinski definition) is 7. The summed E-state index contributed by atoms with van der Waals surface area (Å²) in [6.45, 7) is 4.38. The summed E-state index contributed by atoms with van der Waals surface area (Å²) in [7, 11) is 1.50. The highest BCUT2D eigenvalue weighted by atomic mass is 35.5. The number of hydrogen-bond donors (Lipinski definition) is 1. The fourth-order valence-corrected chi connectivity index (χ4v) is 4.61. The molecule has 0 saturated carbocycles. The van der Waals surface area contributed by atoms with Gasteiger partial charge >= 0.3 is 0 Å². The van der Waals surface area contributed by atoms with E-state index in [-0.39, 0.29) is 36.5 Å². The molecule has 1 aromatic carbocycles. The number of piperazine rings is 1. The van der Waals surface area contributed by atoms with E-state index in [1.807, 2.05) is 6.92 Å². The largest absolute Gasteiger partial charge is 0.493 e. The van der Waals surface area contributed by atoms with Crippen molar-refractivity contribution in [3.05, 3.63) is 57.5 Å². The first kappa shape index (κ1) is 24.5. The first-order valence-electron chi connectivity index (χ1n) is 10.9. The first-order chi connectivity index (χ1) is 16.3. The summed E-state index contributed by atoms with van der Waals surface area (Å²) >= 11 is 12.4. The lowest BCUT2D eigenvalue weighted by Gasteiger charge is -2.37. The molecule has 180 valence electrons. The number of furan rings is 1. The van der Waals surface area contributed by atoms with Gasteiger partial charge < -0.3 is 19.2 Å². The van der Waals surface area contributed by atoms with E-state index >= 15 is 0 Å². The number of carbonyl (C=O) groups excluding carboxylic acids is 2. The van der Waals surface area contributed by atoms with Crippen LogP contribution in [-0.4, -0.2) is 77.5 Å². The molecular weight excluding hydrogens is 481 g/mol. The van der Waals surface area contributed by atoms with Crippen molar-refractivity contribution in [2.45, 2.75) is 19.4 Å². The van der Waals surface area contributed by atoms with Crippen molar-refractivity contribution >= 4 is 45.9 Å². The standard InChI is InChI=1S/C24H25Cl2N3O5/c1-14(13-30)28-5-7-29(8-6-28)24(32)22-10-16-15(3-4-21(33-2)23(16)34-22)20(31)9-17-18(25)11-27-12-19(17)26/h3-4,10-12,14,30H,5-9,13H2,1-2H3. The number of halogens is 2. The molecule has 0 spiro atoms. The lowest BCUT2D eigenvalue weighted by atomic mass is 10.00. The second-order valence-corrected chi connectivity index (χ2v) is 9.02. The Bertz CT molecular complexity index is 1200. The van der Waals surface area contributed by atoms with Crippen LogP contribution in [0.5, 0.6) is 5.75 Å². The van der Waals surface area contributed by atoms with Crippen molar-refractivity contribution in [1.29, 1.82) is 0 Å². The van der Waals surface area contributed by atoms with Crippen LogP contribution in [0.4, 0.5) is 0 Å². The van der Waals surface area contributed by atoms with Crippen molar-refractivity contribution in [3.8, 4) is 5.75 Å². The summed E-state index contributed by atoms with van der Waals surface area (Å²) in [5.74, 6) is 0.0755. The van der Waals surface area contributed by atoms with Crippen LogP contribution in [0.1, 0.15) is 33.4 Å². The second-order valence-electron chi connectivity index (χ2n) is 8.21. The third kappa shape index (κ3) is 4.77. The van der Waals surface area contributed by atoms with Crippen LogP contribution in [0.25, 0.3) is 11.0 Å². The van der Waals surface area contributed by atoms with Gasteiger partial charge in [-0.2, -0.15) is 0 Å². The average molecular weight is 506 g/mol. The van der Waals surface area contributed by atoms with E-state index in [2.05, 4.69) is 9.88 Å². The molecule has 1 fully saturated rings. The summed E-state index contributed by atoms with van der Waals surface area (Å²) in [4.78, 5) is 34.1. The third-order valence-electron chi connectivity index (χ3n) is 6.16. The molecule has 0 bridgehead atoms. The summed E-state index contributed by atoms with van der Waals surface area (Å²) in [5, 5.41) is 10.5. The van der Waals surface area contributed by atoms with Gasteiger partial charge in [0.2, 0.25) is 0 Å². The van der Waals surface area contributed by atoms with Crippen molar-refractivity contribution in [3.63, 3.8) is 0 Å². The molecule has 0 radical (unpaired) electrons. The molecule has 1 N–H and O–H groups in total. The maximum atomic E-state index is 13.2. The fourth-order valence-electron chi connectivity index (χ4n) is 4.11. The van der Waals surface area contributed by atoms with Gasteiger partial charge in [0.05, 0.1) is 23.8 Å². The SMILES string of the molecule is COc1ccc(C(=O)Cc2c(Cl)cncc2Cl)c2cc(C(=O)N3CCN(C(C)CO)CC3)oc12. The summed E-state index contributed by atoms with van der Waals surface area (Å²) in [6, 6.07) is 4.92. The van der Waals surface area contributed by atoms with Gasteiger partial charge in [0, 0.05) is 67.5 Å². The van der Waals surface area contributed by atoms with E-state index in [9.17, 15) is 14.7 Å².